The monoisotopic (exact) mass is 288 g/mol. The predicted molar refractivity (Wildman–Crippen MR) is 73.1 cm³/mol. The molecule has 0 saturated heterocycles. The summed E-state index contributed by atoms with van der Waals surface area (Å²) >= 11 is 0. The van der Waals surface area contributed by atoms with E-state index in [2.05, 4.69) is 14.7 Å². The molecule has 0 aliphatic heterocycles. The molecule has 0 aliphatic carbocycles. The second-order valence-electron chi connectivity index (χ2n) is 4.59. The fourth-order valence-electron chi connectivity index (χ4n) is 1.44. The predicted octanol–water partition coefficient (Wildman–Crippen LogP) is -0.205. The summed E-state index contributed by atoms with van der Waals surface area (Å²) in [5.74, 6) is 0.472. The molecule has 0 atom stereocenters. The van der Waals surface area contributed by atoms with Gasteiger partial charge in [0.2, 0.25) is 0 Å². The van der Waals surface area contributed by atoms with E-state index >= 15 is 0 Å². The summed E-state index contributed by atoms with van der Waals surface area (Å²) in [4.78, 5) is 17.9. The van der Waals surface area contributed by atoms with Crippen LogP contribution in [0, 0.1) is 6.92 Å². The number of aromatic amines is 1. The molecule has 2 N–H and O–H groups in total. The van der Waals surface area contributed by atoms with Gasteiger partial charge in [-0.2, -0.15) is 12.7 Å². The van der Waals surface area contributed by atoms with Gasteiger partial charge in [-0.05, 0) is 20.8 Å². The van der Waals surface area contributed by atoms with Crippen LogP contribution in [0.2, 0.25) is 0 Å². The van der Waals surface area contributed by atoms with E-state index in [1.165, 1.54) is 17.4 Å². The number of hydrogen-bond acceptors (Lipinski definition) is 4. The number of aryl methyl sites for hydroxylation is 1. The van der Waals surface area contributed by atoms with Crippen molar-refractivity contribution in [2.75, 3.05) is 13.6 Å². The molecule has 19 heavy (non-hydrogen) atoms. The van der Waals surface area contributed by atoms with Crippen molar-refractivity contribution in [3.8, 4) is 0 Å². The molecule has 0 amide bonds. The molecule has 0 bridgehead atoms. The van der Waals surface area contributed by atoms with E-state index in [1.54, 1.807) is 20.8 Å². The topological polar surface area (TPSA) is 95.2 Å². The third-order valence-corrected chi connectivity index (χ3v) is 4.42. The Labute approximate surface area is 113 Å². The van der Waals surface area contributed by atoms with Crippen LogP contribution in [0.25, 0.3) is 0 Å². The van der Waals surface area contributed by atoms with E-state index in [-0.39, 0.29) is 18.1 Å². The Balaban J connectivity index is 2.61. The zero-order chi connectivity index (χ0) is 14.6. The first-order valence-electron chi connectivity index (χ1n) is 6.02. The van der Waals surface area contributed by atoms with E-state index in [0.717, 1.165) is 0 Å². The molecule has 0 fully saturated rings. The first-order valence-corrected chi connectivity index (χ1v) is 7.46. The van der Waals surface area contributed by atoms with Crippen molar-refractivity contribution >= 4 is 10.2 Å². The Kier molecular flexibility index (Phi) is 5.21. The lowest BCUT2D eigenvalue weighted by atomic mass is 10.3. The molecule has 1 aromatic heterocycles. The van der Waals surface area contributed by atoms with Crippen molar-refractivity contribution in [2.24, 2.45) is 0 Å². The first-order chi connectivity index (χ1) is 8.72. The van der Waals surface area contributed by atoms with E-state index in [4.69, 9.17) is 0 Å². The number of H-pyrrole nitrogens is 1. The van der Waals surface area contributed by atoms with Crippen LogP contribution in [-0.4, -0.2) is 42.3 Å². The Morgan fingerprint density at radius 3 is 2.63 bits per heavy atom. The van der Waals surface area contributed by atoms with Crippen molar-refractivity contribution in [3.63, 3.8) is 0 Å². The average Bonchev–Trinajstić information content (AvgIpc) is 2.26. The normalized spacial score (nSPS) is 12.3. The summed E-state index contributed by atoms with van der Waals surface area (Å²) in [6.45, 7) is 5.49. The third-order valence-electron chi connectivity index (χ3n) is 2.67. The molecular formula is C11H20N4O3S. The van der Waals surface area contributed by atoms with Gasteiger partial charge in [0.25, 0.3) is 15.8 Å². The maximum absolute atomic E-state index is 11.8. The fourth-order valence-corrected chi connectivity index (χ4v) is 2.56. The molecule has 0 aromatic carbocycles. The van der Waals surface area contributed by atoms with Crippen LogP contribution in [0.1, 0.15) is 25.4 Å². The third kappa shape index (κ3) is 4.73. The SMILES string of the molecule is Cc1cc(=O)[nH]c(CCNS(=O)(=O)N(C)C(C)C)n1. The molecule has 0 radical (unpaired) electrons. The molecule has 7 nitrogen and oxygen atoms in total. The fraction of sp³-hybridized carbons (Fsp3) is 0.636. The average molecular weight is 288 g/mol. The van der Waals surface area contributed by atoms with Gasteiger partial charge >= 0.3 is 0 Å². The van der Waals surface area contributed by atoms with Crippen LogP contribution < -0.4 is 10.3 Å². The highest BCUT2D eigenvalue weighted by Gasteiger charge is 2.19. The van der Waals surface area contributed by atoms with E-state index in [0.29, 0.717) is 17.9 Å². The highest BCUT2D eigenvalue weighted by Crippen LogP contribution is 2.00. The summed E-state index contributed by atoms with van der Waals surface area (Å²) in [6, 6.07) is 1.27. The number of nitrogens with zero attached hydrogens (tertiary/aromatic N) is 2. The second-order valence-corrected chi connectivity index (χ2v) is 6.41. The number of hydrogen-bond donors (Lipinski definition) is 2. The van der Waals surface area contributed by atoms with Crippen LogP contribution in [0.5, 0.6) is 0 Å². The van der Waals surface area contributed by atoms with Gasteiger partial charge in [0, 0.05) is 37.8 Å². The summed E-state index contributed by atoms with van der Waals surface area (Å²) in [5, 5.41) is 0. The van der Waals surface area contributed by atoms with Crippen LogP contribution in [0.4, 0.5) is 0 Å². The zero-order valence-corrected chi connectivity index (χ0v) is 12.4. The van der Waals surface area contributed by atoms with Crippen molar-refractivity contribution in [1.82, 2.24) is 19.0 Å². The molecule has 1 heterocycles. The lowest BCUT2D eigenvalue weighted by molar-refractivity contribution is 0.402. The lowest BCUT2D eigenvalue weighted by Crippen LogP contribution is -2.42. The minimum atomic E-state index is -3.49. The van der Waals surface area contributed by atoms with Crippen molar-refractivity contribution < 1.29 is 8.42 Å². The number of nitrogens with one attached hydrogen (secondary N) is 2. The zero-order valence-electron chi connectivity index (χ0n) is 11.6. The van der Waals surface area contributed by atoms with Crippen molar-refractivity contribution in [2.45, 2.75) is 33.2 Å². The Hall–Kier alpha value is -1.25. The van der Waals surface area contributed by atoms with Crippen molar-refractivity contribution in [1.29, 1.82) is 0 Å². The molecule has 108 valence electrons. The van der Waals surface area contributed by atoms with Crippen LogP contribution in [-0.2, 0) is 16.6 Å². The second kappa shape index (κ2) is 6.27. The molecule has 0 aliphatic rings. The summed E-state index contributed by atoms with van der Waals surface area (Å²) in [7, 11) is -1.97. The summed E-state index contributed by atoms with van der Waals surface area (Å²) in [6.07, 6.45) is 0.335. The Bertz CT molecular complexity index is 580. The highest BCUT2D eigenvalue weighted by atomic mass is 32.2. The largest absolute Gasteiger partial charge is 0.311 e. The van der Waals surface area contributed by atoms with E-state index in [9.17, 15) is 13.2 Å². The molecule has 1 aromatic rings. The van der Waals surface area contributed by atoms with Crippen molar-refractivity contribution in [3.05, 3.63) is 27.9 Å². The Morgan fingerprint density at radius 1 is 1.47 bits per heavy atom. The summed E-state index contributed by atoms with van der Waals surface area (Å²) < 4.78 is 27.4. The highest BCUT2D eigenvalue weighted by molar-refractivity contribution is 7.87. The van der Waals surface area contributed by atoms with Gasteiger partial charge in [0.1, 0.15) is 5.82 Å². The molecule has 0 saturated carbocycles. The number of rotatable bonds is 6. The van der Waals surface area contributed by atoms with E-state index < -0.39 is 10.2 Å². The van der Waals surface area contributed by atoms with Gasteiger partial charge in [-0.1, -0.05) is 0 Å². The van der Waals surface area contributed by atoms with Gasteiger partial charge in [0.15, 0.2) is 0 Å². The van der Waals surface area contributed by atoms with Gasteiger partial charge in [0.05, 0.1) is 0 Å². The standard InChI is InChI=1S/C11H20N4O3S/c1-8(2)15(4)19(17,18)12-6-5-10-13-9(3)7-11(16)14-10/h7-8,12H,5-6H2,1-4H3,(H,13,14,16). The molecule has 0 spiro atoms. The maximum atomic E-state index is 11.8. The maximum Gasteiger partial charge on any atom is 0.279 e. The van der Waals surface area contributed by atoms with E-state index in [1.807, 2.05) is 0 Å². The van der Waals surface area contributed by atoms with Gasteiger partial charge in [-0.25, -0.2) is 9.71 Å². The van der Waals surface area contributed by atoms with Gasteiger partial charge in [-0.15, -0.1) is 0 Å². The molecule has 0 unspecified atom stereocenters. The Morgan fingerprint density at radius 2 is 2.11 bits per heavy atom. The van der Waals surface area contributed by atoms with Crippen LogP contribution in [0.3, 0.4) is 0 Å². The minimum absolute atomic E-state index is 0.116. The van der Waals surface area contributed by atoms with Crippen LogP contribution in [0.15, 0.2) is 10.9 Å². The van der Waals surface area contributed by atoms with Gasteiger partial charge in [-0.3, -0.25) is 4.79 Å². The molecular weight excluding hydrogens is 268 g/mol. The number of aromatic nitrogens is 2. The molecule has 1 rings (SSSR count). The van der Waals surface area contributed by atoms with Gasteiger partial charge < -0.3 is 4.98 Å². The molecule has 8 heteroatoms. The quantitative estimate of drug-likeness (QED) is 0.757. The minimum Gasteiger partial charge on any atom is -0.311 e. The lowest BCUT2D eigenvalue weighted by Gasteiger charge is -2.21. The van der Waals surface area contributed by atoms with Crippen LogP contribution >= 0.6 is 0 Å². The first kappa shape index (κ1) is 15.8. The smallest absolute Gasteiger partial charge is 0.279 e. The summed E-state index contributed by atoms with van der Waals surface area (Å²) in [5.41, 5.74) is 0.380.